The highest BCUT2D eigenvalue weighted by Crippen LogP contribution is 2.31. The number of rotatable bonds is 3. The Kier molecular flexibility index (Phi) is 3.17. The van der Waals surface area contributed by atoms with Crippen molar-refractivity contribution in [3.05, 3.63) is 30.4 Å². The molecule has 0 saturated carbocycles. The lowest BCUT2D eigenvalue weighted by Gasteiger charge is -2.16. The van der Waals surface area contributed by atoms with E-state index in [-0.39, 0.29) is 10.8 Å². The van der Waals surface area contributed by atoms with Crippen LogP contribution < -0.4 is 0 Å². The molecule has 114 valence electrons. The van der Waals surface area contributed by atoms with Crippen LogP contribution >= 0.6 is 11.7 Å². The van der Waals surface area contributed by atoms with Crippen LogP contribution in [0, 0.1) is 0 Å². The van der Waals surface area contributed by atoms with E-state index in [4.69, 9.17) is 4.52 Å². The van der Waals surface area contributed by atoms with E-state index in [1.807, 2.05) is 0 Å². The normalized spacial score (nSPS) is 19.9. The molecule has 2 aromatic heterocycles. The molecule has 0 N–H and O–H groups in total. The Hall–Kier alpha value is -1.91. The molecule has 0 bridgehead atoms. The summed E-state index contributed by atoms with van der Waals surface area (Å²) in [6.45, 7) is 0.769. The van der Waals surface area contributed by atoms with Crippen LogP contribution in [0.2, 0.25) is 0 Å². The monoisotopic (exact) mass is 337 g/mol. The zero-order chi connectivity index (χ0) is 15.2. The van der Waals surface area contributed by atoms with E-state index in [1.165, 1.54) is 10.7 Å². The van der Waals surface area contributed by atoms with Crippen LogP contribution in [-0.2, 0) is 10.0 Å². The smallest absolute Gasteiger partial charge is 0.245 e. The molecule has 0 aliphatic carbocycles. The predicted octanol–water partition coefficient (Wildman–Crippen LogP) is 1.25. The number of nitrogens with zero attached hydrogens (tertiary/aromatic N) is 5. The third kappa shape index (κ3) is 2.11. The molecular weight excluding hydrogens is 326 g/mol. The van der Waals surface area contributed by atoms with Gasteiger partial charge in [0.2, 0.25) is 16.4 Å². The van der Waals surface area contributed by atoms with E-state index in [0.29, 0.717) is 36.4 Å². The molecule has 3 heterocycles. The van der Waals surface area contributed by atoms with E-state index < -0.39 is 10.0 Å². The number of sulfonamides is 1. The Morgan fingerprint density at radius 3 is 3.05 bits per heavy atom. The van der Waals surface area contributed by atoms with Crippen molar-refractivity contribution in [1.29, 1.82) is 0 Å². The maximum Gasteiger partial charge on any atom is 0.245 e. The van der Waals surface area contributed by atoms with Gasteiger partial charge in [0, 0.05) is 19.0 Å². The van der Waals surface area contributed by atoms with Crippen LogP contribution in [0.1, 0.15) is 18.2 Å². The minimum atomic E-state index is -3.61. The fraction of sp³-hybridized carbons (Fsp3) is 0.333. The van der Waals surface area contributed by atoms with Crippen molar-refractivity contribution in [2.75, 3.05) is 13.1 Å². The minimum absolute atomic E-state index is 0.0405. The summed E-state index contributed by atoms with van der Waals surface area (Å²) in [5, 5.41) is 3.80. The molecule has 1 unspecified atom stereocenters. The largest absolute Gasteiger partial charge is 0.343 e. The van der Waals surface area contributed by atoms with E-state index in [2.05, 4.69) is 18.9 Å². The fourth-order valence-electron chi connectivity index (χ4n) is 2.64. The van der Waals surface area contributed by atoms with Crippen molar-refractivity contribution >= 4 is 32.8 Å². The van der Waals surface area contributed by atoms with Gasteiger partial charge in [-0.05, 0) is 18.6 Å². The van der Waals surface area contributed by atoms with Gasteiger partial charge in [-0.2, -0.15) is 18.0 Å². The van der Waals surface area contributed by atoms with Crippen molar-refractivity contribution in [3.8, 4) is 0 Å². The Bertz CT molecular complexity index is 906. The zero-order valence-corrected chi connectivity index (χ0v) is 12.9. The number of hydrogen-bond donors (Lipinski definition) is 0. The zero-order valence-electron chi connectivity index (χ0n) is 11.3. The van der Waals surface area contributed by atoms with Crippen LogP contribution in [0.25, 0.3) is 11.0 Å². The van der Waals surface area contributed by atoms with E-state index in [1.54, 1.807) is 18.2 Å². The molecule has 3 aromatic rings. The molecule has 0 amide bonds. The first kappa shape index (κ1) is 13.7. The van der Waals surface area contributed by atoms with Crippen LogP contribution in [0.4, 0.5) is 0 Å². The first-order valence-corrected chi connectivity index (χ1v) is 8.81. The quantitative estimate of drug-likeness (QED) is 0.708. The Balaban J connectivity index is 1.69. The van der Waals surface area contributed by atoms with E-state index in [0.717, 1.165) is 11.7 Å². The molecule has 1 saturated heterocycles. The number of fused-ring (bicyclic) bond motifs is 1. The molecule has 1 aliphatic rings. The molecule has 10 heteroatoms. The third-order valence-corrected chi connectivity index (χ3v) is 6.20. The van der Waals surface area contributed by atoms with Gasteiger partial charge in [-0.1, -0.05) is 11.2 Å². The van der Waals surface area contributed by atoms with Crippen LogP contribution in [0.15, 0.2) is 34.0 Å². The van der Waals surface area contributed by atoms with Crippen molar-refractivity contribution in [2.45, 2.75) is 17.2 Å². The lowest BCUT2D eigenvalue weighted by Crippen LogP contribution is -2.29. The van der Waals surface area contributed by atoms with Gasteiger partial charge in [-0.15, -0.1) is 0 Å². The fourth-order valence-corrected chi connectivity index (χ4v) is 4.90. The topological polar surface area (TPSA) is 102 Å². The third-order valence-electron chi connectivity index (χ3n) is 3.76. The molecule has 1 aliphatic heterocycles. The second-order valence-corrected chi connectivity index (χ2v) is 7.46. The summed E-state index contributed by atoms with van der Waals surface area (Å²) in [6.07, 6.45) is 1.93. The summed E-state index contributed by atoms with van der Waals surface area (Å²) in [7, 11) is -3.61. The highest BCUT2D eigenvalue weighted by Gasteiger charge is 2.36. The van der Waals surface area contributed by atoms with Crippen LogP contribution in [0.3, 0.4) is 0 Å². The standard InChI is InChI=1S/C12H11N5O3S2/c18-22(19,10-3-1-2-9-11(10)16-21-15-9)17-5-4-8(6-17)12-13-7-20-14-12/h1-3,7-8H,4-6H2. The number of aromatic nitrogens is 4. The summed E-state index contributed by atoms with van der Waals surface area (Å²) in [6, 6.07) is 5.01. The molecule has 1 aromatic carbocycles. The number of benzene rings is 1. The molecule has 1 fully saturated rings. The van der Waals surface area contributed by atoms with Gasteiger partial charge in [0.25, 0.3) is 0 Å². The maximum absolute atomic E-state index is 12.9. The van der Waals surface area contributed by atoms with Crippen LogP contribution in [0.5, 0.6) is 0 Å². The summed E-state index contributed by atoms with van der Waals surface area (Å²) in [5.41, 5.74) is 1.02. The maximum atomic E-state index is 12.9. The van der Waals surface area contributed by atoms with Crippen molar-refractivity contribution in [1.82, 2.24) is 23.2 Å². The first-order chi connectivity index (χ1) is 10.7. The molecule has 8 nitrogen and oxygen atoms in total. The second-order valence-electron chi connectivity index (χ2n) is 5.03. The SMILES string of the molecule is O=S(=O)(c1cccc2nsnc12)N1CCC(c2ncon2)C1. The molecule has 0 spiro atoms. The predicted molar refractivity (Wildman–Crippen MR) is 77.8 cm³/mol. The molecule has 4 rings (SSSR count). The Morgan fingerprint density at radius 2 is 2.23 bits per heavy atom. The van der Waals surface area contributed by atoms with E-state index in [9.17, 15) is 8.42 Å². The van der Waals surface area contributed by atoms with Crippen molar-refractivity contribution < 1.29 is 12.9 Å². The first-order valence-electron chi connectivity index (χ1n) is 6.64. The molecule has 1 atom stereocenters. The Labute approximate surface area is 130 Å². The number of hydrogen-bond acceptors (Lipinski definition) is 8. The van der Waals surface area contributed by atoms with E-state index >= 15 is 0 Å². The lowest BCUT2D eigenvalue weighted by molar-refractivity contribution is 0.403. The van der Waals surface area contributed by atoms with Gasteiger partial charge in [0.1, 0.15) is 15.9 Å². The van der Waals surface area contributed by atoms with Gasteiger partial charge in [-0.3, -0.25) is 0 Å². The summed E-state index contributed by atoms with van der Waals surface area (Å²) >= 11 is 1.01. The van der Waals surface area contributed by atoms with Crippen LogP contribution in [-0.4, -0.2) is 44.7 Å². The summed E-state index contributed by atoms with van der Waals surface area (Å²) < 4.78 is 40.1. The average Bonchev–Trinajstić information content (AvgIpc) is 3.25. The Morgan fingerprint density at radius 1 is 1.32 bits per heavy atom. The highest BCUT2D eigenvalue weighted by molar-refractivity contribution is 7.89. The van der Waals surface area contributed by atoms with Gasteiger partial charge in [0.05, 0.1) is 11.7 Å². The molecule has 0 radical (unpaired) electrons. The molecular formula is C12H11N5O3S2. The van der Waals surface area contributed by atoms with Gasteiger partial charge in [-0.25, -0.2) is 8.42 Å². The lowest BCUT2D eigenvalue weighted by atomic mass is 10.1. The van der Waals surface area contributed by atoms with Gasteiger partial charge in [0.15, 0.2) is 5.82 Å². The van der Waals surface area contributed by atoms with Crippen molar-refractivity contribution in [3.63, 3.8) is 0 Å². The average molecular weight is 337 g/mol. The summed E-state index contributed by atoms with van der Waals surface area (Å²) in [5.74, 6) is 0.507. The van der Waals surface area contributed by atoms with Gasteiger partial charge < -0.3 is 4.52 Å². The van der Waals surface area contributed by atoms with Gasteiger partial charge >= 0.3 is 0 Å². The highest BCUT2D eigenvalue weighted by atomic mass is 32.2. The molecule has 22 heavy (non-hydrogen) atoms. The second kappa shape index (κ2) is 5.07. The summed E-state index contributed by atoms with van der Waals surface area (Å²) in [4.78, 5) is 4.21. The minimum Gasteiger partial charge on any atom is -0.343 e. The van der Waals surface area contributed by atoms with Crippen molar-refractivity contribution in [2.24, 2.45) is 0 Å².